The second kappa shape index (κ2) is 7.77. The van der Waals surface area contributed by atoms with E-state index in [-0.39, 0.29) is 30.4 Å². The second-order valence-electron chi connectivity index (χ2n) is 7.16. The van der Waals surface area contributed by atoms with E-state index in [0.29, 0.717) is 28.4 Å². The maximum Gasteiger partial charge on any atom is 0.438 e. The Morgan fingerprint density at radius 1 is 1.23 bits per heavy atom. The third kappa shape index (κ3) is 3.90. The first-order valence-corrected chi connectivity index (χ1v) is 9.44. The summed E-state index contributed by atoms with van der Waals surface area (Å²) in [5.74, 6) is 0.545. The first-order chi connectivity index (χ1) is 14.7. The van der Waals surface area contributed by atoms with Gasteiger partial charge in [-0.05, 0) is 36.2 Å². The molecule has 0 fully saturated rings. The van der Waals surface area contributed by atoms with Crippen molar-refractivity contribution in [3.8, 4) is 17.2 Å². The van der Waals surface area contributed by atoms with Crippen LogP contribution in [0.25, 0.3) is 0 Å². The fraction of sp³-hybridized carbons (Fsp3) is 0.333. The first-order valence-electron chi connectivity index (χ1n) is 9.44. The van der Waals surface area contributed by atoms with Crippen molar-refractivity contribution >= 4 is 11.6 Å². The van der Waals surface area contributed by atoms with E-state index in [4.69, 9.17) is 14.2 Å². The monoisotopic (exact) mass is 436 g/mol. The van der Waals surface area contributed by atoms with Crippen molar-refractivity contribution < 1.29 is 37.3 Å². The molecule has 0 aromatic heterocycles. The van der Waals surface area contributed by atoms with Crippen molar-refractivity contribution in [2.45, 2.75) is 31.2 Å². The average molecular weight is 436 g/mol. The quantitative estimate of drug-likeness (QED) is 0.779. The summed E-state index contributed by atoms with van der Waals surface area (Å²) in [6.45, 7) is 0.0892. The van der Waals surface area contributed by atoms with Crippen LogP contribution in [0.15, 0.2) is 47.6 Å². The number of carbonyl (C=O) groups excluding carboxylic acids is 1. The Bertz CT molecular complexity index is 1040. The van der Waals surface area contributed by atoms with E-state index >= 15 is 0 Å². The van der Waals surface area contributed by atoms with E-state index in [1.165, 1.54) is 13.2 Å². The number of amides is 1. The van der Waals surface area contributed by atoms with E-state index in [1.54, 1.807) is 36.4 Å². The number of aliphatic hydroxyl groups is 1. The van der Waals surface area contributed by atoms with Crippen molar-refractivity contribution in [2.75, 3.05) is 13.9 Å². The number of hydrogen-bond donors (Lipinski definition) is 1. The summed E-state index contributed by atoms with van der Waals surface area (Å²) < 4.78 is 56.8. The molecule has 0 bridgehead atoms. The predicted octanol–water partition coefficient (Wildman–Crippen LogP) is 3.24. The Kier molecular flexibility index (Phi) is 5.26. The number of rotatable bonds is 5. The predicted molar refractivity (Wildman–Crippen MR) is 103 cm³/mol. The van der Waals surface area contributed by atoms with Crippen molar-refractivity contribution in [1.82, 2.24) is 5.01 Å². The molecule has 0 unspecified atom stereocenters. The largest absolute Gasteiger partial charge is 0.497 e. The number of halogens is 3. The van der Waals surface area contributed by atoms with Gasteiger partial charge in [-0.25, -0.2) is 0 Å². The molecule has 7 nitrogen and oxygen atoms in total. The molecule has 2 aromatic carbocycles. The number of carbonyl (C=O) groups is 1. The number of benzene rings is 2. The Morgan fingerprint density at radius 3 is 2.74 bits per heavy atom. The van der Waals surface area contributed by atoms with Gasteiger partial charge >= 0.3 is 6.18 Å². The van der Waals surface area contributed by atoms with Crippen molar-refractivity contribution in [3.63, 3.8) is 0 Å². The van der Waals surface area contributed by atoms with E-state index in [2.05, 4.69) is 5.10 Å². The van der Waals surface area contributed by atoms with Gasteiger partial charge in [-0.3, -0.25) is 4.79 Å². The lowest BCUT2D eigenvalue weighted by Crippen LogP contribution is -2.56. The van der Waals surface area contributed by atoms with Gasteiger partial charge in [0.2, 0.25) is 12.7 Å². The van der Waals surface area contributed by atoms with Crippen molar-refractivity contribution in [2.24, 2.45) is 5.10 Å². The molecule has 2 aliphatic heterocycles. The number of fused-ring (bicyclic) bond motifs is 1. The maximum atomic E-state index is 13.7. The molecule has 1 amide bonds. The molecule has 0 saturated carbocycles. The smallest absolute Gasteiger partial charge is 0.438 e. The molecule has 4 rings (SSSR count). The highest BCUT2D eigenvalue weighted by atomic mass is 19.4. The molecule has 2 aromatic rings. The number of hydrazone groups is 1. The number of aryl methyl sites for hydroxylation is 1. The van der Waals surface area contributed by atoms with Crippen molar-refractivity contribution in [3.05, 3.63) is 53.6 Å². The van der Waals surface area contributed by atoms with Gasteiger partial charge in [0, 0.05) is 12.0 Å². The molecule has 0 aliphatic carbocycles. The standard InChI is InChI=1S/C21H19F3N2O5/c1-29-15-4-2-3-14(10-15)16-11-20(28,21(22,23)24)26(25-16)19(27)8-6-13-5-7-17-18(9-13)31-12-30-17/h2-5,7,9-10,28H,6,8,11-12H2,1H3/t20-/m1/s1. The zero-order valence-electron chi connectivity index (χ0n) is 16.5. The average Bonchev–Trinajstić information content (AvgIpc) is 3.36. The van der Waals surface area contributed by atoms with E-state index in [9.17, 15) is 23.1 Å². The molecule has 0 saturated heterocycles. The van der Waals surface area contributed by atoms with Crippen LogP contribution >= 0.6 is 0 Å². The number of nitrogens with zero attached hydrogens (tertiary/aromatic N) is 2. The van der Waals surface area contributed by atoms with Crippen LogP contribution in [0.5, 0.6) is 17.2 Å². The second-order valence-corrected chi connectivity index (χ2v) is 7.16. The Morgan fingerprint density at radius 2 is 2.00 bits per heavy atom. The Hall–Kier alpha value is -3.27. The van der Waals surface area contributed by atoms with Gasteiger partial charge in [0.15, 0.2) is 11.5 Å². The third-order valence-corrected chi connectivity index (χ3v) is 5.14. The molecular weight excluding hydrogens is 417 g/mol. The summed E-state index contributed by atoms with van der Waals surface area (Å²) in [4.78, 5) is 12.7. The van der Waals surface area contributed by atoms with Crippen LogP contribution in [0.1, 0.15) is 24.0 Å². The highest BCUT2D eigenvalue weighted by molar-refractivity contribution is 6.03. The van der Waals surface area contributed by atoms with Gasteiger partial charge < -0.3 is 19.3 Å². The normalized spacial score (nSPS) is 20.0. The molecule has 2 heterocycles. The number of ether oxygens (including phenoxy) is 3. The molecule has 10 heteroatoms. The SMILES string of the molecule is COc1cccc(C2=NN(C(=O)CCc3ccc4c(c3)OCO4)[C@](O)(C(F)(F)F)C2)c1. The molecule has 31 heavy (non-hydrogen) atoms. The Labute approximate surface area is 175 Å². The lowest BCUT2D eigenvalue weighted by atomic mass is 10.0. The summed E-state index contributed by atoms with van der Waals surface area (Å²) in [5, 5.41) is 14.4. The van der Waals surface area contributed by atoms with E-state index in [0.717, 1.165) is 0 Å². The zero-order valence-corrected chi connectivity index (χ0v) is 16.5. The fourth-order valence-corrected chi connectivity index (χ4v) is 3.45. The lowest BCUT2D eigenvalue weighted by Gasteiger charge is -2.32. The van der Waals surface area contributed by atoms with Crippen LogP contribution in [0.2, 0.25) is 0 Å². The van der Waals surface area contributed by atoms with E-state index in [1.807, 2.05) is 0 Å². The van der Waals surface area contributed by atoms with Gasteiger partial charge in [-0.2, -0.15) is 23.3 Å². The lowest BCUT2D eigenvalue weighted by molar-refractivity contribution is -0.302. The van der Waals surface area contributed by atoms with Gasteiger partial charge in [0.1, 0.15) is 5.75 Å². The molecule has 0 radical (unpaired) electrons. The molecule has 2 aliphatic rings. The molecule has 164 valence electrons. The van der Waals surface area contributed by atoms with Gasteiger partial charge in [-0.15, -0.1) is 0 Å². The Balaban J connectivity index is 1.56. The summed E-state index contributed by atoms with van der Waals surface area (Å²) in [7, 11) is 1.42. The minimum atomic E-state index is -5.09. The fourth-order valence-electron chi connectivity index (χ4n) is 3.45. The summed E-state index contributed by atoms with van der Waals surface area (Å²) in [5.41, 5.74) is -2.47. The van der Waals surface area contributed by atoms with Crippen LogP contribution in [0, 0.1) is 0 Å². The third-order valence-electron chi connectivity index (χ3n) is 5.14. The highest BCUT2D eigenvalue weighted by Gasteiger charge is 2.63. The first kappa shape index (κ1) is 21.0. The number of alkyl halides is 3. The van der Waals surface area contributed by atoms with Crippen LogP contribution in [0.3, 0.4) is 0 Å². The topological polar surface area (TPSA) is 80.6 Å². The summed E-state index contributed by atoms with van der Waals surface area (Å²) in [6, 6.07) is 11.3. The summed E-state index contributed by atoms with van der Waals surface area (Å²) in [6.07, 6.45) is -6.11. The summed E-state index contributed by atoms with van der Waals surface area (Å²) >= 11 is 0. The van der Waals surface area contributed by atoms with Crippen LogP contribution in [-0.2, 0) is 11.2 Å². The van der Waals surface area contributed by atoms with E-state index < -0.39 is 24.2 Å². The maximum absolute atomic E-state index is 13.7. The number of hydrogen-bond acceptors (Lipinski definition) is 6. The van der Waals surface area contributed by atoms with Crippen LogP contribution < -0.4 is 14.2 Å². The van der Waals surface area contributed by atoms with Crippen LogP contribution in [0.4, 0.5) is 13.2 Å². The molecular formula is C21H19F3N2O5. The van der Waals surface area contributed by atoms with Gasteiger partial charge in [-0.1, -0.05) is 18.2 Å². The number of methoxy groups -OCH3 is 1. The molecule has 1 atom stereocenters. The van der Waals surface area contributed by atoms with Gasteiger partial charge in [0.05, 0.1) is 19.2 Å². The van der Waals surface area contributed by atoms with Crippen LogP contribution in [-0.4, -0.2) is 47.5 Å². The highest BCUT2D eigenvalue weighted by Crippen LogP contribution is 2.42. The molecule has 0 spiro atoms. The molecule has 1 N–H and O–H groups in total. The van der Waals surface area contributed by atoms with Crippen molar-refractivity contribution in [1.29, 1.82) is 0 Å². The zero-order chi connectivity index (χ0) is 22.2. The van der Waals surface area contributed by atoms with Gasteiger partial charge in [0.25, 0.3) is 5.72 Å². The minimum Gasteiger partial charge on any atom is -0.497 e. The minimum absolute atomic E-state index is 0.0600.